The number of halogens is 2. The lowest BCUT2D eigenvalue weighted by molar-refractivity contribution is -0.140. The van der Waals surface area contributed by atoms with Crippen molar-refractivity contribution in [1.29, 1.82) is 0 Å². The molecule has 8 nitrogen and oxygen atoms in total. The molecule has 0 fully saturated rings. The Kier molecular flexibility index (Phi) is 10.7. The van der Waals surface area contributed by atoms with Crippen molar-refractivity contribution in [3.8, 4) is 0 Å². The van der Waals surface area contributed by atoms with E-state index < -0.39 is 40.4 Å². The fraction of sp³-hybridized carbons (Fsp3) is 0.310. The number of nitrogens with zero attached hydrogens (tertiary/aromatic N) is 3. The number of hydrogen-bond donors (Lipinski definition) is 1. The third kappa shape index (κ3) is 7.80. The number of para-hydroxylation sites is 1. The third-order valence-electron chi connectivity index (χ3n) is 6.14. The van der Waals surface area contributed by atoms with Crippen molar-refractivity contribution in [3.05, 3.63) is 101 Å². The van der Waals surface area contributed by atoms with E-state index in [1.807, 2.05) is 30.3 Å². The highest BCUT2D eigenvalue weighted by atomic mass is 35.5. The van der Waals surface area contributed by atoms with Crippen LogP contribution in [0.15, 0.2) is 78.9 Å². The van der Waals surface area contributed by atoms with Crippen LogP contribution >= 0.6 is 11.6 Å². The summed E-state index contributed by atoms with van der Waals surface area (Å²) >= 11 is 6.44. The molecular weight excluding hydrogens is 555 g/mol. The van der Waals surface area contributed by atoms with Gasteiger partial charge in [0.2, 0.25) is 11.8 Å². The van der Waals surface area contributed by atoms with E-state index in [2.05, 4.69) is 5.32 Å². The molecule has 1 atom stereocenters. The van der Waals surface area contributed by atoms with Crippen molar-refractivity contribution in [2.45, 2.75) is 38.9 Å². The maximum Gasteiger partial charge on any atom is 0.304 e. The van der Waals surface area contributed by atoms with Crippen molar-refractivity contribution >= 4 is 39.3 Å². The molecule has 3 rings (SSSR count). The van der Waals surface area contributed by atoms with Gasteiger partial charge in [0.25, 0.3) is 0 Å². The molecule has 3 aromatic rings. The molecule has 0 aliphatic heterocycles. The van der Waals surface area contributed by atoms with Gasteiger partial charge >= 0.3 is 10.2 Å². The predicted octanol–water partition coefficient (Wildman–Crippen LogP) is 4.26. The molecule has 0 aromatic heterocycles. The monoisotopic (exact) mass is 588 g/mol. The van der Waals surface area contributed by atoms with Crippen molar-refractivity contribution in [3.63, 3.8) is 0 Å². The molecule has 0 aliphatic rings. The van der Waals surface area contributed by atoms with Crippen LogP contribution in [0.25, 0.3) is 0 Å². The predicted molar refractivity (Wildman–Crippen MR) is 156 cm³/mol. The average molecular weight is 589 g/mol. The van der Waals surface area contributed by atoms with Gasteiger partial charge in [0.15, 0.2) is 0 Å². The van der Waals surface area contributed by atoms with Crippen LogP contribution in [-0.2, 0) is 32.8 Å². The Morgan fingerprint density at radius 3 is 2.12 bits per heavy atom. The Morgan fingerprint density at radius 2 is 1.52 bits per heavy atom. The van der Waals surface area contributed by atoms with Gasteiger partial charge in [-0.2, -0.15) is 12.7 Å². The number of rotatable bonds is 12. The first-order valence-corrected chi connectivity index (χ1v) is 14.5. The average Bonchev–Trinajstić information content (AvgIpc) is 2.90. The molecule has 40 heavy (non-hydrogen) atoms. The maximum absolute atomic E-state index is 14.9. The highest BCUT2D eigenvalue weighted by molar-refractivity contribution is 7.90. The summed E-state index contributed by atoms with van der Waals surface area (Å²) in [5.41, 5.74) is 1.09. The van der Waals surface area contributed by atoms with Crippen LogP contribution in [0.3, 0.4) is 0 Å². The van der Waals surface area contributed by atoms with Crippen molar-refractivity contribution < 1.29 is 22.4 Å². The lowest BCUT2D eigenvalue weighted by Gasteiger charge is -2.35. The molecule has 0 radical (unpaired) electrons. The second-order valence-electron chi connectivity index (χ2n) is 9.73. The topological polar surface area (TPSA) is 90.0 Å². The van der Waals surface area contributed by atoms with E-state index in [0.29, 0.717) is 14.9 Å². The maximum atomic E-state index is 14.9. The highest BCUT2D eigenvalue weighted by Crippen LogP contribution is 2.25. The number of hydrogen-bond acceptors (Lipinski definition) is 4. The van der Waals surface area contributed by atoms with E-state index in [0.717, 1.165) is 15.9 Å². The summed E-state index contributed by atoms with van der Waals surface area (Å²) in [7, 11) is -1.71. The van der Waals surface area contributed by atoms with Crippen LogP contribution in [0.4, 0.5) is 10.1 Å². The number of amides is 2. The molecule has 3 aromatic carbocycles. The van der Waals surface area contributed by atoms with Crippen LogP contribution in [0.5, 0.6) is 0 Å². The summed E-state index contributed by atoms with van der Waals surface area (Å²) < 4.78 is 43.1. The van der Waals surface area contributed by atoms with Crippen molar-refractivity contribution in [2.75, 3.05) is 24.9 Å². The highest BCUT2D eigenvalue weighted by Gasteiger charge is 2.35. The van der Waals surface area contributed by atoms with Crippen LogP contribution in [0.1, 0.15) is 25.0 Å². The summed E-state index contributed by atoms with van der Waals surface area (Å²) in [6, 6.07) is 20.2. The lowest BCUT2D eigenvalue weighted by atomic mass is 10.0. The van der Waals surface area contributed by atoms with Gasteiger partial charge in [-0.15, -0.1) is 0 Å². The Hall–Kier alpha value is -3.47. The zero-order valence-electron chi connectivity index (χ0n) is 22.9. The van der Waals surface area contributed by atoms with E-state index >= 15 is 0 Å². The van der Waals surface area contributed by atoms with Gasteiger partial charge in [0.1, 0.15) is 18.4 Å². The first-order chi connectivity index (χ1) is 18.9. The molecule has 2 amide bonds. The van der Waals surface area contributed by atoms with Crippen LogP contribution in [-0.4, -0.2) is 62.2 Å². The van der Waals surface area contributed by atoms with Crippen molar-refractivity contribution in [1.82, 2.24) is 14.5 Å². The van der Waals surface area contributed by atoms with Crippen molar-refractivity contribution in [2.24, 2.45) is 0 Å². The molecule has 0 unspecified atom stereocenters. The molecule has 214 valence electrons. The van der Waals surface area contributed by atoms with Crippen LogP contribution in [0.2, 0.25) is 5.02 Å². The number of carbonyl (C=O) groups is 2. The van der Waals surface area contributed by atoms with E-state index in [9.17, 15) is 22.4 Å². The molecule has 1 N–H and O–H groups in total. The summed E-state index contributed by atoms with van der Waals surface area (Å²) in [5.74, 6) is -1.92. The Balaban J connectivity index is 2.12. The first kappa shape index (κ1) is 31.1. The van der Waals surface area contributed by atoms with E-state index in [-0.39, 0.29) is 24.7 Å². The van der Waals surface area contributed by atoms with Gasteiger partial charge in [-0.3, -0.25) is 9.59 Å². The third-order valence-corrected chi connectivity index (χ3v) is 8.31. The Morgan fingerprint density at radius 1 is 0.925 bits per heavy atom. The molecular formula is C29H34ClFN4O4S. The lowest BCUT2D eigenvalue weighted by Crippen LogP contribution is -2.55. The number of benzene rings is 3. The first-order valence-electron chi connectivity index (χ1n) is 12.7. The standard InChI is InChI=1S/C29H34ClFN4O4S/c1-21(2)32-29(37)27(18-22-12-6-5-7-13-22)34(19-23-14-8-9-15-24(23)30)28(36)20-35(40(38,39)33(3)4)26-17-11-10-16-25(26)31/h5-17,21,27H,18-20H2,1-4H3,(H,32,37)/t27-/m0/s1. The van der Waals surface area contributed by atoms with Gasteiger partial charge in [-0.25, -0.2) is 8.70 Å². The largest absolute Gasteiger partial charge is 0.352 e. The second kappa shape index (κ2) is 13.7. The SMILES string of the molecule is CC(C)NC(=O)[C@H](Cc1ccccc1)N(Cc1ccccc1Cl)C(=O)CN(c1ccccc1F)S(=O)(=O)N(C)C. The summed E-state index contributed by atoms with van der Waals surface area (Å²) in [6.07, 6.45) is 0.162. The Bertz CT molecular complexity index is 1420. The van der Waals surface area contributed by atoms with Crippen LogP contribution in [0, 0.1) is 5.82 Å². The number of nitrogens with one attached hydrogen (secondary N) is 1. The van der Waals surface area contributed by atoms with Gasteiger partial charge in [-0.1, -0.05) is 72.3 Å². The minimum Gasteiger partial charge on any atom is -0.352 e. The molecule has 0 spiro atoms. The molecule has 0 aliphatic carbocycles. The van der Waals surface area contributed by atoms with E-state index in [1.165, 1.54) is 37.2 Å². The normalized spacial score (nSPS) is 12.3. The number of anilines is 1. The summed E-state index contributed by atoms with van der Waals surface area (Å²) in [5, 5.41) is 3.26. The zero-order valence-corrected chi connectivity index (χ0v) is 24.5. The minimum absolute atomic E-state index is 0.0748. The fourth-order valence-corrected chi connectivity index (χ4v) is 5.36. The molecule has 0 bridgehead atoms. The number of carbonyl (C=O) groups excluding carboxylic acids is 2. The van der Waals surface area contributed by atoms with E-state index in [4.69, 9.17) is 11.6 Å². The summed E-state index contributed by atoms with van der Waals surface area (Å²) in [6.45, 7) is 2.79. The van der Waals surface area contributed by atoms with Gasteiger partial charge in [0, 0.05) is 38.1 Å². The molecule has 0 saturated heterocycles. The molecule has 11 heteroatoms. The smallest absolute Gasteiger partial charge is 0.304 e. The Labute approximate surface area is 240 Å². The quantitative estimate of drug-likeness (QED) is 0.342. The molecule has 0 heterocycles. The van der Waals surface area contributed by atoms with Gasteiger partial charge in [-0.05, 0) is 43.2 Å². The van der Waals surface area contributed by atoms with Crippen LogP contribution < -0.4 is 9.62 Å². The minimum atomic E-state index is -4.30. The van der Waals surface area contributed by atoms with E-state index in [1.54, 1.807) is 38.1 Å². The second-order valence-corrected chi connectivity index (χ2v) is 12.2. The van der Waals surface area contributed by atoms with Gasteiger partial charge < -0.3 is 10.2 Å². The summed E-state index contributed by atoms with van der Waals surface area (Å²) in [4.78, 5) is 29.0. The van der Waals surface area contributed by atoms with Gasteiger partial charge in [0.05, 0.1) is 5.69 Å². The fourth-order valence-electron chi connectivity index (χ4n) is 4.10. The molecule has 0 saturated carbocycles. The zero-order chi connectivity index (χ0) is 29.4.